The summed E-state index contributed by atoms with van der Waals surface area (Å²) in [7, 11) is 4.81. The average molecular weight is 485 g/mol. The fraction of sp³-hybridized carbons (Fsp3) is 0.226. The van der Waals surface area contributed by atoms with Gasteiger partial charge in [0.05, 0.1) is 19.8 Å². The summed E-state index contributed by atoms with van der Waals surface area (Å²) < 4.78 is 16.0. The van der Waals surface area contributed by atoms with Gasteiger partial charge in [0.2, 0.25) is 0 Å². The molecular weight excluding hydrogens is 452 g/mol. The first-order valence-corrected chi connectivity index (χ1v) is 11.8. The molecule has 0 aliphatic carbocycles. The van der Waals surface area contributed by atoms with Crippen molar-refractivity contribution in [2.24, 2.45) is 0 Å². The normalized spacial score (nSPS) is 11.1. The van der Waals surface area contributed by atoms with E-state index in [-0.39, 0.29) is 31.3 Å². The Balaban J connectivity index is 1.73. The van der Waals surface area contributed by atoms with Crippen molar-refractivity contribution in [3.05, 3.63) is 107 Å². The van der Waals surface area contributed by atoms with Gasteiger partial charge in [0.1, 0.15) is 11.5 Å². The van der Waals surface area contributed by atoms with Crippen LogP contribution < -0.4 is 0 Å². The van der Waals surface area contributed by atoms with E-state index in [1.165, 1.54) is 5.56 Å². The van der Waals surface area contributed by atoms with Crippen LogP contribution in [-0.2, 0) is 40.5 Å². The molecule has 0 aliphatic heterocycles. The summed E-state index contributed by atoms with van der Waals surface area (Å²) in [6.07, 6.45) is 0.569. The predicted molar refractivity (Wildman–Crippen MR) is 142 cm³/mol. The zero-order chi connectivity index (χ0) is 25.5. The lowest BCUT2D eigenvalue weighted by Crippen LogP contribution is -1.99. The smallest absolute Gasteiger partial charge is 0.126 e. The highest BCUT2D eigenvalue weighted by Gasteiger charge is 2.16. The molecule has 0 fully saturated rings. The Labute approximate surface area is 212 Å². The van der Waals surface area contributed by atoms with E-state index in [9.17, 15) is 10.2 Å². The molecule has 0 aliphatic rings. The number of hydrogen-bond donors (Lipinski definition) is 2. The number of ether oxygens (including phenoxy) is 3. The van der Waals surface area contributed by atoms with E-state index in [4.69, 9.17) is 14.2 Å². The lowest BCUT2D eigenvalue weighted by atomic mass is 9.92. The van der Waals surface area contributed by atoms with Crippen LogP contribution in [0.25, 0.3) is 22.3 Å². The van der Waals surface area contributed by atoms with E-state index in [0.29, 0.717) is 23.1 Å². The zero-order valence-corrected chi connectivity index (χ0v) is 21.0. The maximum absolute atomic E-state index is 11.0. The van der Waals surface area contributed by atoms with Crippen molar-refractivity contribution in [3.63, 3.8) is 0 Å². The molecule has 2 N–H and O–H groups in total. The van der Waals surface area contributed by atoms with Gasteiger partial charge >= 0.3 is 0 Å². The standard InChI is InChI=1S/C31H32O5/c1-34-18-27-15-24(25-16-28(19-35-2)31(33)29(17-25)20-36-3)14-26(30(27)32)13-21-9-11-23(12-10-21)22-7-5-4-6-8-22/h4-12,14-17,32-33H,13,18-20H2,1-3H3. The van der Waals surface area contributed by atoms with E-state index in [2.05, 4.69) is 36.4 Å². The number of benzene rings is 4. The van der Waals surface area contributed by atoms with Crippen LogP contribution in [0.3, 0.4) is 0 Å². The third-order valence-corrected chi connectivity index (χ3v) is 6.22. The molecule has 0 atom stereocenters. The van der Waals surface area contributed by atoms with Crippen LogP contribution in [0.1, 0.15) is 27.8 Å². The van der Waals surface area contributed by atoms with Crippen molar-refractivity contribution in [1.82, 2.24) is 0 Å². The van der Waals surface area contributed by atoms with Crippen molar-refractivity contribution < 1.29 is 24.4 Å². The number of hydrogen-bond acceptors (Lipinski definition) is 5. The SMILES string of the molecule is COCc1cc(-c2cc(COC)c(O)c(Cc3ccc(-c4ccccc4)cc3)c2)cc(COC)c1O. The minimum atomic E-state index is 0.178. The van der Waals surface area contributed by atoms with E-state index in [1.54, 1.807) is 21.3 Å². The number of phenolic OH excluding ortho intramolecular Hbond substituents is 2. The molecule has 5 heteroatoms. The van der Waals surface area contributed by atoms with Crippen LogP contribution in [0.2, 0.25) is 0 Å². The van der Waals surface area contributed by atoms with Gasteiger partial charge in [-0.2, -0.15) is 0 Å². The van der Waals surface area contributed by atoms with Crippen molar-refractivity contribution in [1.29, 1.82) is 0 Å². The first kappa shape index (κ1) is 25.5. The molecule has 0 radical (unpaired) electrons. The van der Waals surface area contributed by atoms with E-state index in [0.717, 1.165) is 27.8 Å². The van der Waals surface area contributed by atoms with E-state index >= 15 is 0 Å². The molecule has 36 heavy (non-hydrogen) atoms. The quantitative estimate of drug-likeness (QED) is 0.270. The molecule has 0 saturated heterocycles. The summed E-state index contributed by atoms with van der Waals surface area (Å²) in [6, 6.07) is 26.4. The maximum atomic E-state index is 11.0. The monoisotopic (exact) mass is 484 g/mol. The Bertz CT molecular complexity index is 1270. The Morgan fingerprint density at radius 3 is 1.39 bits per heavy atom. The second-order valence-corrected chi connectivity index (χ2v) is 8.82. The van der Waals surface area contributed by atoms with E-state index < -0.39 is 0 Å². The molecule has 0 unspecified atom stereocenters. The van der Waals surface area contributed by atoms with Crippen molar-refractivity contribution in [3.8, 4) is 33.8 Å². The van der Waals surface area contributed by atoms with Gasteiger partial charge < -0.3 is 24.4 Å². The van der Waals surface area contributed by atoms with Crippen LogP contribution >= 0.6 is 0 Å². The minimum Gasteiger partial charge on any atom is -0.507 e. The van der Waals surface area contributed by atoms with E-state index in [1.807, 2.05) is 42.5 Å². The van der Waals surface area contributed by atoms with Crippen LogP contribution in [0, 0.1) is 0 Å². The third kappa shape index (κ3) is 5.77. The molecule has 4 rings (SSSR count). The lowest BCUT2D eigenvalue weighted by molar-refractivity contribution is 0.174. The van der Waals surface area contributed by atoms with Gasteiger partial charge in [-0.15, -0.1) is 0 Å². The summed E-state index contributed by atoms with van der Waals surface area (Å²) >= 11 is 0. The van der Waals surface area contributed by atoms with Crippen molar-refractivity contribution in [2.75, 3.05) is 21.3 Å². The molecule has 0 aromatic heterocycles. The molecule has 0 spiro atoms. The molecular formula is C31H32O5. The van der Waals surface area contributed by atoms with Crippen molar-refractivity contribution in [2.45, 2.75) is 26.2 Å². The highest BCUT2D eigenvalue weighted by molar-refractivity contribution is 5.71. The average Bonchev–Trinajstić information content (AvgIpc) is 2.90. The summed E-state index contributed by atoms with van der Waals surface area (Å²) in [6.45, 7) is 0.841. The molecule has 0 bridgehead atoms. The van der Waals surface area contributed by atoms with Crippen LogP contribution in [-0.4, -0.2) is 31.5 Å². The molecule has 5 nitrogen and oxygen atoms in total. The summed E-state index contributed by atoms with van der Waals surface area (Å²) in [5, 5.41) is 21.7. The van der Waals surface area contributed by atoms with Gasteiger partial charge in [0.15, 0.2) is 0 Å². The van der Waals surface area contributed by atoms with Gasteiger partial charge in [-0.05, 0) is 57.6 Å². The number of phenols is 2. The molecule has 186 valence electrons. The Morgan fingerprint density at radius 2 is 0.917 bits per heavy atom. The topological polar surface area (TPSA) is 68.2 Å². The van der Waals surface area contributed by atoms with Crippen LogP contribution in [0.15, 0.2) is 78.9 Å². The van der Waals surface area contributed by atoms with Crippen molar-refractivity contribution >= 4 is 0 Å². The summed E-state index contributed by atoms with van der Waals surface area (Å²) in [5.74, 6) is 0.415. The zero-order valence-electron chi connectivity index (χ0n) is 21.0. The molecule has 4 aromatic rings. The highest BCUT2D eigenvalue weighted by Crippen LogP contribution is 2.36. The largest absolute Gasteiger partial charge is 0.507 e. The fourth-order valence-electron chi connectivity index (χ4n) is 4.45. The third-order valence-electron chi connectivity index (χ3n) is 6.22. The first-order chi connectivity index (χ1) is 17.5. The second kappa shape index (κ2) is 11.9. The van der Waals surface area contributed by atoms with Gasteiger partial charge in [0, 0.05) is 44.4 Å². The lowest BCUT2D eigenvalue weighted by Gasteiger charge is -2.16. The summed E-state index contributed by atoms with van der Waals surface area (Å²) in [4.78, 5) is 0. The molecule has 4 aromatic carbocycles. The Morgan fingerprint density at radius 1 is 0.500 bits per heavy atom. The minimum absolute atomic E-state index is 0.178. The molecule has 0 saturated carbocycles. The molecule has 0 heterocycles. The highest BCUT2D eigenvalue weighted by atomic mass is 16.5. The van der Waals surface area contributed by atoms with Gasteiger partial charge in [-0.3, -0.25) is 0 Å². The van der Waals surface area contributed by atoms with Gasteiger partial charge in [0.25, 0.3) is 0 Å². The van der Waals surface area contributed by atoms with Gasteiger partial charge in [-0.25, -0.2) is 0 Å². The first-order valence-electron chi connectivity index (χ1n) is 11.8. The Kier molecular flexibility index (Phi) is 8.39. The molecule has 0 amide bonds. The number of aromatic hydroxyl groups is 2. The number of rotatable bonds is 10. The van der Waals surface area contributed by atoms with Gasteiger partial charge in [-0.1, -0.05) is 54.6 Å². The van der Waals surface area contributed by atoms with Crippen LogP contribution in [0.4, 0.5) is 0 Å². The second-order valence-electron chi connectivity index (χ2n) is 8.82. The predicted octanol–water partition coefficient (Wildman–Crippen LogP) is 6.46. The summed E-state index contributed by atoms with van der Waals surface area (Å²) in [5.41, 5.74) is 8.12. The number of methoxy groups -OCH3 is 3. The van der Waals surface area contributed by atoms with Crippen LogP contribution in [0.5, 0.6) is 11.5 Å². The Hall–Kier alpha value is -3.64. The maximum Gasteiger partial charge on any atom is 0.126 e. The fourth-order valence-corrected chi connectivity index (χ4v) is 4.45.